The van der Waals surface area contributed by atoms with Crippen LogP contribution in [0.3, 0.4) is 0 Å². The molecule has 3 aromatic rings. The molecule has 1 aromatic carbocycles. The van der Waals surface area contributed by atoms with Crippen molar-refractivity contribution in [1.82, 2.24) is 24.3 Å². The zero-order valence-electron chi connectivity index (χ0n) is 16.9. The summed E-state index contributed by atoms with van der Waals surface area (Å²) in [5, 5.41) is 6.99. The molecule has 2 heterocycles. The van der Waals surface area contributed by atoms with Crippen LogP contribution in [-0.4, -0.2) is 40.5 Å². The van der Waals surface area contributed by atoms with E-state index in [-0.39, 0.29) is 24.6 Å². The fourth-order valence-corrected chi connectivity index (χ4v) is 4.22. The van der Waals surface area contributed by atoms with Gasteiger partial charge in [0.2, 0.25) is 15.9 Å². The van der Waals surface area contributed by atoms with Gasteiger partial charge in [0, 0.05) is 30.0 Å². The molecule has 0 saturated carbocycles. The van der Waals surface area contributed by atoms with Crippen LogP contribution < -0.4 is 10.0 Å². The first kappa shape index (κ1) is 21.6. The van der Waals surface area contributed by atoms with Crippen LogP contribution in [-0.2, 0) is 27.0 Å². The first-order valence-corrected chi connectivity index (χ1v) is 11.1. The summed E-state index contributed by atoms with van der Waals surface area (Å²) in [7, 11) is -3.42. The minimum absolute atomic E-state index is 0.134. The first-order valence-electron chi connectivity index (χ1n) is 9.42. The Balaban J connectivity index is 1.58. The van der Waals surface area contributed by atoms with Crippen LogP contribution in [0.5, 0.6) is 0 Å². The number of fused-ring (bicyclic) bond motifs is 1. The van der Waals surface area contributed by atoms with E-state index in [0.29, 0.717) is 23.4 Å². The van der Waals surface area contributed by atoms with Crippen molar-refractivity contribution in [3.05, 3.63) is 65.8 Å². The molecule has 1 amide bonds. The second-order valence-electron chi connectivity index (χ2n) is 6.87. The number of anilines is 1. The summed E-state index contributed by atoms with van der Waals surface area (Å²) in [6, 6.07) is 6.74. The fourth-order valence-electron chi connectivity index (χ4n) is 3.12. The molecule has 0 saturated heterocycles. The third kappa shape index (κ3) is 5.28. The molecule has 0 radical (unpaired) electrons. The van der Waals surface area contributed by atoms with Gasteiger partial charge >= 0.3 is 0 Å². The Kier molecular flexibility index (Phi) is 6.58. The van der Waals surface area contributed by atoms with Crippen molar-refractivity contribution in [2.24, 2.45) is 0 Å². The molecule has 0 atom stereocenters. The molecule has 9 nitrogen and oxygen atoms in total. The average Bonchev–Trinajstić information content (AvgIpc) is 3.16. The molecular weight excluding hydrogens is 404 g/mol. The van der Waals surface area contributed by atoms with Gasteiger partial charge in [-0.05, 0) is 43.5 Å². The monoisotopic (exact) mass is 428 g/mol. The molecule has 158 valence electrons. The van der Waals surface area contributed by atoms with Crippen molar-refractivity contribution < 1.29 is 13.2 Å². The number of hydrogen-bond donors (Lipinski definition) is 2. The van der Waals surface area contributed by atoms with Gasteiger partial charge < -0.3 is 5.32 Å². The normalized spacial score (nSPS) is 11.5. The summed E-state index contributed by atoms with van der Waals surface area (Å²) >= 11 is 0. The number of aryl methyl sites for hydroxylation is 2. The number of benzene rings is 1. The Bertz CT molecular complexity index is 1170. The molecular formula is C20H24N6O3S. The summed E-state index contributed by atoms with van der Waals surface area (Å²) in [5.74, 6) is 0.270. The molecule has 0 fully saturated rings. The van der Waals surface area contributed by atoms with Crippen molar-refractivity contribution in [2.75, 3.05) is 11.9 Å². The maximum absolute atomic E-state index is 12.4. The smallest absolute Gasteiger partial charge is 0.252 e. The van der Waals surface area contributed by atoms with E-state index in [1.54, 1.807) is 28.8 Å². The molecule has 3 rings (SSSR count). The number of nitrogens with zero attached hydrogens (tertiary/aromatic N) is 4. The highest BCUT2D eigenvalue weighted by Gasteiger charge is 2.13. The van der Waals surface area contributed by atoms with Crippen LogP contribution in [0.25, 0.3) is 5.78 Å². The van der Waals surface area contributed by atoms with Crippen LogP contribution in [0.2, 0.25) is 0 Å². The third-order valence-electron chi connectivity index (χ3n) is 4.63. The highest BCUT2D eigenvalue weighted by Crippen LogP contribution is 2.16. The SMILES string of the molecule is C=CCNS(=O)(=O)Cc1ccc(NC(=O)CCc2c(C)nc3ncnn3c2C)cc1. The molecule has 2 N–H and O–H groups in total. The molecule has 30 heavy (non-hydrogen) atoms. The first-order chi connectivity index (χ1) is 14.3. The molecule has 0 aliphatic carbocycles. The minimum Gasteiger partial charge on any atom is -0.326 e. The van der Waals surface area contributed by atoms with E-state index in [4.69, 9.17) is 0 Å². The quantitative estimate of drug-likeness (QED) is 0.503. The van der Waals surface area contributed by atoms with Gasteiger partial charge in [0.15, 0.2) is 0 Å². The maximum atomic E-state index is 12.4. The second kappa shape index (κ2) is 9.14. The van der Waals surface area contributed by atoms with Crippen LogP contribution in [0, 0.1) is 13.8 Å². The number of sulfonamides is 1. The van der Waals surface area contributed by atoms with Crippen LogP contribution >= 0.6 is 0 Å². The van der Waals surface area contributed by atoms with Crippen molar-refractivity contribution in [2.45, 2.75) is 32.4 Å². The highest BCUT2D eigenvalue weighted by molar-refractivity contribution is 7.88. The van der Waals surface area contributed by atoms with Gasteiger partial charge in [0.25, 0.3) is 5.78 Å². The average molecular weight is 429 g/mol. The summed E-state index contributed by atoms with van der Waals surface area (Å²) in [6.45, 7) is 7.50. The molecule has 2 aromatic heterocycles. The summed E-state index contributed by atoms with van der Waals surface area (Å²) in [4.78, 5) is 20.9. The number of rotatable bonds is 9. The largest absolute Gasteiger partial charge is 0.326 e. The van der Waals surface area contributed by atoms with Gasteiger partial charge in [-0.2, -0.15) is 10.1 Å². The van der Waals surface area contributed by atoms with Gasteiger partial charge in [-0.1, -0.05) is 18.2 Å². The third-order valence-corrected chi connectivity index (χ3v) is 5.95. The van der Waals surface area contributed by atoms with Crippen molar-refractivity contribution in [3.63, 3.8) is 0 Å². The zero-order chi connectivity index (χ0) is 21.7. The summed E-state index contributed by atoms with van der Waals surface area (Å²) in [5.41, 5.74) is 3.95. The Morgan fingerprint density at radius 1 is 1.23 bits per heavy atom. The second-order valence-corrected chi connectivity index (χ2v) is 8.68. The van der Waals surface area contributed by atoms with Gasteiger partial charge in [0.1, 0.15) is 6.33 Å². The Morgan fingerprint density at radius 3 is 2.67 bits per heavy atom. The number of carbonyl (C=O) groups is 1. The van der Waals surface area contributed by atoms with Gasteiger partial charge in [-0.25, -0.2) is 22.6 Å². The van der Waals surface area contributed by atoms with E-state index in [9.17, 15) is 13.2 Å². The van der Waals surface area contributed by atoms with E-state index in [0.717, 1.165) is 17.0 Å². The predicted octanol–water partition coefficient (Wildman–Crippen LogP) is 1.92. The lowest BCUT2D eigenvalue weighted by Gasteiger charge is -2.11. The number of amides is 1. The van der Waals surface area contributed by atoms with Crippen molar-refractivity contribution in [1.29, 1.82) is 0 Å². The van der Waals surface area contributed by atoms with Crippen LogP contribution in [0.4, 0.5) is 5.69 Å². The fraction of sp³-hybridized carbons (Fsp3) is 0.300. The van der Waals surface area contributed by atoms with Crippen molar-refractivity contribution >= 4 is 27.4 Å². The van der Waals surface area contributed by atoms with E-state index in [1.807, 2.05) is 13.8 Å². The standard InChI is InChI=1S/C20H24N6O3S/c1-4-11-23-30(28,29)12-16-5-7-17(8-6-16)25-19(27)10-9-18-14(2)24-20-21-13-22-26(20)15(18)3/h4-8,13,23H,1,9-12H2,2-3H3,(H,25,27). The molecule has 0 spiro atoms. The topological polar surface area (TPSA) is 118 Å². The molecule has 0 bridgehead atoms. The van der Waals surface area contributed by atoms with E-state index >= 15 is 0 Å². The van der Waals surface area contributed by atoms with Gasteiger partial charge in [-0.15, -0.1) is 6.58 Å². The summed E-state index contributed by atoms with van der Waals surface area (Å²) < 4.78 is 27.9. The Morgan fingerprint density at radius 2 is 1.97 bits per heavy atom. The van der Waals surface area contributed by atoms with Crippen molar-refractivity contribution in [3.8, 4) is 0 Å². The molecule has 0 aliphatic heterocycles. The number of aromatic nitrogens is 4. The Labute approximate surface area is 175 Å². The minimum atomic E-state index is -3.42. The lowest BCUT2D eigenvalue weighted by atomic mass is 10.1. The molecule has 10 heteroatoms. The van der Waals surface area contributed by atoms with E-state index in [2.05, 4.69) is 31.7 Å². The van der Waals surface area contributed by atoms with Crippen LogP contribution in [0.1, 0.15) is 28.9 Å². The maximum Gasteiger partial charge on any atom is 0.252 e. The van der Waals surface area contributed by atoms with E-state index in [1.165, 1.54) is 12.4 Å². The number of carbonyl (C=O) groups excluding carboxylic acids is 1. The Hall–Kier alpha value is -3.11. The lowest BCUT2D eigenvalue weighted by molar-refractivity contribution is -0.116. The number of hydrogen-bond acceptors (Lipinski definition) is 6. The van der Waals surface area contributed by atoms with E-state index < -0.39 is 10.0 Å². The highest BCUT2D eigenvalue weighted by atomic mass is 32.2. The molecule has 0 aliphatic rings. The predicted molar refractivity (Wildman–Crippen MR) is 114 cm³/mol. The number of nitrogens with one attached hydrogen (secondary N) is 2. The van der Waals surface area contributed by atoms with Gasteiger partial charge in [-0.3, -0.25) is 4.79 Å². The lowest BCUT2D eigenvalue weighted by Crippen LogP contribution is -2.25. The zero-order valence-corrected chi connectivity index (χ0v) is 17.7. The van der Waals surface area contributed by atoms with Gasteiger partial charge in [0.05, 0.1) is 5.75 Å². The summed E-state index contributed by atoms with van der Waals surface area (Å²) in [6.07, 6.45) is 3.75. The molecule has 0 unspecified atom stereocenters. The van der Waals surface area contributed by atoms with Crippen LogP contribution in [0.15, 0.2) is 43.2 Å².